The standard InChI is InChI=1S/C12H18N6O/c1-5-18-8(3)10(7(2)16-18)15-12(19)11-9(13)6-14-17(11)4/h6H,5,13H2,1-4H3,(H,15,19). The molecular formula is C12H18N6O. The molecule has 0 aromatic carbocycles. The van der Waals surface area contributed by atoms with Crippen molar-refractivity contribution in [2.24, 2.45) is 7.05 Å². The van der Waals surface area contributed by atoms with Crippen LogP contribution < -0.4 is 11.1 Å². The maximum atomic E-state index is 12.2. The number of aromatic nitrogens is 4. The highest BCUT2D eigenvalue weighted by Crippen LogP contribution is 2.21. The van der Waals surface area contributed by atoms with Crippen molar-refractivity contribution in [1.82, 2.24) is 19.6 Å². The number of aryl methyl sites for hydroxylation is 3. The molecule has 2 heterocycles. The number of anilines is 2. The molecule has 0 saturated carbocycles. The molecule has 0 bridgehead atoms. The van der Waals surface area contributed by atoms with Gasteiger partial charge in [0.1, 0.15) is 5.69 Å². The minimum Gasteiger partial charge on any atom is -0.396 e. The number of nitrogen functional groups attached to an aromatic ring is 1. The molecule has 0 unspecified atom stereocenters. The van der Waals surface area contributed by atoms with Gasteiger partial charge in [-0.15, -0.1) is 0 Å². The lowest BCUT2D eigenvalue weighted by molar-refractivity contribution is 0.101. The lowest BCUT2D eigenvalue weighted by atomic mass is 10.3. The van der Waals surface area contributed by atoms with Gasteiger partial charge < -0.3 is 11.1 Å². The zero-order valence-electron chi connectivity index (χ0n) is 11.6. The van der Waals surface area contributed by atoms with Gasteiger partial charge >= 0.3 is 0 Å². The highest BCUT2D eigenvalue weighted by molar-refractivity contribution is 6.06. The Kier molecular flexibility index (Phi) is 3.28. The Labute approximate surface area is 111 Å². The van der Waals surface area contributed by atoms with E-state index in [0.717, 1.165) is 23.6 Å². The maximum absolute atomic E-state index is 12.2. The third kappa shape index (κ3) is 2.18. The largest absolute Gasteiger partial charge is 0.396 e. The Hall–Kier alpha value is -2.31. The van der Waals surface area contributed by atoms with Crippen LogP contribution in [-0.4, -0.2) is 25.5 Å². The number of nitrogens with two attached hydrogens (primary N) is 1. The van der Waals surface area contributed by atoms with Crippen molar-refractivity contribution in [3.63, 3.8) is 0 Å². The zero-order chi connectivity index (χ0) is 14.2. The second-order valence-corrected chi connectivity index (χ2v) is 4.39. The number of hydrogen-bond acceptors (Lipinski definition) is 4. The van der Waals surface area contributed by atoms with Gasteiger partial charge in [0.2, 0.25) is 0 Å². The van der Waals surface area contributed by atoms with Gasteiger partial charge in [-0.2, -0.15) is 10.2 Å². The number of nitrogens with one attached hydrogen (secondary N) is 1. The van der Waals surface area contributed by atoms with Crippen molar-refractivity contribution in [3.8, 4) is 0 Å². The van der Waals surface area contributed by atoms with Crippen molar-refractivity contribution < 1.29 is 4.79 Å². The van der Waals surface area contributed by atoms with E-state index in [-0.39, 0.29) is 5.91 Å². The van der Waals surface area contributed by atoms with Crippen LogP contribution in [0.5, 0.6) is 0 Å². The van der Waals surface area contributed by atoms with E-state index >= 15 is 0 Å². The molecule has 3 N–H and O–H groups in total. The van der Waals surface area contributed by atoms with Crippen LogP contribution in [0.25, 0.3) is 0 Å². The van der Waals surface area contributed by atoms with E-state index in [4.69, 9.17) is 5.73 Å². The number of carbonyl (C=O) groups excluding carboxylic acids is 1. The Morgan fingerprint density at radius 3 is 2.63 bits per heavy atom. The van der Waals surface area contributed by atoms with Crippen LogP contribution >= 0.6 is 0 Å². The number of carbonyl (C=O) groups is 1. The number of nitrogens with zero attached hydrogens (tertiary/aromatic N) is 4. The Morgan fingerprint density at radius 2 is 2.16 bits per heavy atom. The van der Waals surface area contributed by atoms with E-state index < -0.39 is 0 Å². The average molecular weight is 262 g/mol. The van der Waals surface area contributed by atoms with Crippen LogP contribution in [0.3, 0.4) is 0 Å². The van der Waals surface area contributed by atoms with Gasteiger partial charge in [0, 0.05) is 13.6 Å². The minimum absolute atomic E-state index is 0.278. The summed E-state index contributed by atoms with van der Waals surface area (Å²) >= 11 is 0. The smallest absolute Gasteiger partial charge is 0.276 e. The predicted octanol–water partition coefficient (Wildman–Crippen LogP) is 1.09. The fourth-order valence-corrected chi connectivity index (χ4v) is 2.09. The van der Waals surface area contributed by atoms with Gasteiger partial charge in [0.15, 0.2) is 0 Å². The normalized spacial score (nSPS) is 10.7. The fourth-order valence-electron chi connectivity index (χ4n) is 2.09. The molecule has 7 heteroatoms. The Bertz CT molecular complexity index is 605. The van der Waals surface area contributed by atoms with Crippen LogP contribution in [0.4, 0.5) is 11.4 Å². The molecule has 1 amide bonds. The van der Waals surface area contributed by atoms with Crippen molar-refractivity contribution in [2.45, 2.75) is 27.3 Å². The lowest BCUT2D eigenvalue weighted by Gasteiger charge is -2.07. The molecular weight excluding hydrogens is 244 g/mol. The van der Waals surface area contributed by atoms with Crippen LogP contribution in [0.2, 0.25) is 0 Å². The summed E-state index contributed by atoms with van der Waals surface area (Å²) in [5.74, 6) is -0.278. The summed E-state index contributed by atoms with van der Waals surface area (Å²) in [6.07, 6.45) is 1.46. The molecule has 0 saturated heterocycles. The van der Waals surface area contributed by atoms with Crippen LogP contribution in [0.1, 0.15) is 28.8 Å². The van der Waals surface area contributed by atoms with Gasteiger partial charge in [0.05, 0.1) is 29.0 Å². The minimum atomic E-state index is -0.278. The molecule has 0 radical (unpaired) electrons. The number of rotatable bonds is 3. The van der Waals surface area contributed by atoms with E-state index in [1.165, 1.54) is 10.9 Å². The molecule has 0 aliphatic heterocycles. The molecule has 2 rings (SSSR count). The maximum Gasteiger partial charge on any atom is 0.276 e. The number of hydrogen-bond donors (Lipinski definition) is 2. The van der Waals surface area contributed by atoms with Gasteiger partial charge in [-0.3, -0.25) is 14.2 Å². The van der Waals surface area contributed by atoms with Crippen molar-refractivity contribution in [3.05, 3.63) is 23.3 Å². The first-order chi connectivity index (χ1) is 8.95. The molecule has 19 heavy (non-hydrogen) atoms. The molecule has 0 atom stereocenters. The highest BCUT2D eigenvalue weighted by atomic mass is 16.2. The molecule has 0 aliphatic carbocycles. The summed E-state index contributed by atoms with van der Waals surface area (Å²) in [4.78, 5) is 12.2. The summed E-state index contributed by atoms with van der Waals surface area (Å²) in [6, 6.07) is 0. The van der Waals surface area contributed by atoms with Crippen molar-refractivity contribution in [2.75, 3.05) is 11.1 Å². The highest BCUT2D eigenvalue weighted by Gasteiger charge is 2.19. The monoisotopic (exact) mass is 262 g/mol. The summed E-state index contributed by atoms with van der Waals surface area (Å²) in [5.41, 5.74) is 8.89. The van der Waals surface area contributed by atoms with E-state index in [2.05, 4.69) is 15.5 Å². The molecule has 2 aromatic rings. The molecule has 2 aromatic heterocycles. The SMILES string of the molecule is CCn1nc(C)c(NC(=O)c2c(N)cnn2C)c1C. The average Bonchev–Trinajstić information content (AvgIpc) is 2.83. The van der Waals surface area contributed by atoms with Gasteiger partial charge in [-0.05, 0) is 20.8 Å². The predicted molar refractivity (Wildman–Crippen MR) is 72.9 cm³/mol. The van der Waals surface area contributed by atoms with E-state index in [1.807, 2.05) is 25.5 Å². The first-order valence-corrected chi connectivity index (χ1v) is 6.08. The van der Waals surface area contributed by atoms with Crippen LogP contribution in [0.15, 0.2) is 6.20 Å². The van der Waals surface area contributed by atoms with E-state index in [1.54, 1.807) is 7.05 Å². The van der Waals surface area contributed by atoms with Crippen molar-refractivity contribution in [1.29, 1.82) is 0 Å². The summed E-state index contributed by atoms with van der Waals surface area (Å²) < 4.78 is 3.30. The molecule has 102 valence electrons. The van der Waals surface area contributed by atoms with Crippen LogP contribution in [-0.2, 0) is 13.6 Å². The van der Waals surface area contributed by atoms with Gasteiger partial charge in [0.25, 0.3) is 5.91 Å². The second kappa shape index (κ2) is 4.75. The van der Waals surface area contributed by atoms with E-state index in [0.29, 0.717) is 11.4 Å². The summed E-state index contributed by atoms with van der Waals surface area (Å²) in [6.45, 7) is 6.55. The first-order valence-electron chi connectivity index (χ1n) is 6.08. The lowest BCUT2D eigenvalue weighted by Crippen LogP contribution is -2.18. The second-order valence-electron chi connectivity index (χ2n) is 4.39. The number of amides is 1. The first kappa shape index (κ1) is 13.1. The van der Waals surface area contributed by atoms with Gasteiger partial charge in [-0.1, -0.05) is 0 Å². The third-order valence-electron chi connectivity index (χ3n) is 3.10. The topological polar surface area (TPSA) is 90.8 Å². The summed E-state index contributed by atoms with van der Waals surface area (Å²) in [5, 5.41) is 11.2. The van der Waals surface area contributed by atoms with Crippen molar-refractivity contribution >= 4 is 17.3 Å². The quantitative estimate of drug-likeness (QED) is 0.866. The molecule has 0 fully saturated rings. The van der Waals surface area contributed by atoms with E-state index in [9.17, 15) is 4.79 Å². The Balaban J connectivity index is 2.32. The Morgan fingerprint density at radius 1 is 1.47 bits per heavy atom. The molecule has 0 aliphatic rings. The fraction of sp³-hybridized carbons (Fsp3) is 0.417. The van der Waals surface area contributed by atoms with Gasteiger partial charge in [-0.25, -0.2) is 0 Å². The molecule has 7 nitrogen and oxygen atoms in total. The zero-order valence-corrected chi connectivity index (χ0v) is 11.6. The third-order valence-corrected chi connectivity index (χ3v) is 3.10. The summed E-state index contributed by atoms with van der Waals surface area (Å²) in [7, 11) is 1.68. The molecule has 0 spiro atoms. The van der Waals surface area contributed by atoms with Crippen LogP contribution in [0, 0.1) is 13.8 Å².